The van der Waals surface area contributed by atoms with Gasteiger partial charge < -0.3 is 0 Å². The minimum absolute atomic E-state index is 0.141. The molecular formula is C19H15N3O3. The number of nitrogens with zero attached hydrogens (tertiary/aromatic N) is 1. The van der Waals surface area contributed by atoms with E-state index in [1.165, 1.54) is 0 Å². The Balaban J connectivity index is 1.65. The molecule has 6 nitrogen and oxygen atoms in total. The zero-order valence-electron chi connectivity index (χ0n) is 13.4. The number of nitrogens with one attached hydrogen (secondary N) is 2. The molecule has 0 bridgehead atoms. The fraction of sp³-hybridized carbons (Fsp3) is 0.0526. The van der Waals surface area contributed by atoms with Crippen molar-refractivity contribution < 1.29 is 14.4 Å². The number of para-hydroxylation sites is 1. The van der Waals surface area contributed by atoms with Crippen LogP contribution in [-0.2, 0) is 4.79 Å². The number of aromatic nitrogens is 1. The van der Waals surface area contributed by atoms with Crippen LogP contribution in [0.4, 0.5) is 0 Å². The van der Waals surface area contributed by atoms with Crippen LogP contribution in [0.2, 0.25) is 0 Å². The fourth-order valence-electron chi connectivity index (χ4n) is 2.26. The Morgan fingerprint density at radius 3 is 2.32 bits per heavy atom. The zero-order valence-corrected chi connectivity index (χ0v) is 13.4. The summed E-state index contributed by atoms with van der Waals surface area (Å²) in [4.78, 5) is 40.2. The lowest BCUT2D eigenvalue weighted by Gasteiger charge is -2.07. The summed E-state index contributed by atoms with van der Waals surface area (Å²) in [6.07, 6.45) is 0. The molecule has 0 aliphatic rings. The molecule has 0 unspecified atom stereocenters. The first-order chi connectivity index (χ1) is 12.0. The normalized spacial score (nSPS) is 10.3. The molecule has 3 aromatic rings. The third-order valence-corrected chi connectivity index (χ3v) is 3.64. The molecule has 2 aromatic carbocycles. The molecule has 6 heteroatoms. The van der Waals surface area contributed by atoms with Crippen LogP contribution in [0.15, 0.2) is 60.7 Å². The van der Waals surface area contributed by atoms with Gasteiger partial charge in [-0.3, -0.25) is 25.2 Å². The molecule has 0 aliphatic carbocycles. The van der Waals surface area contributed by atoms with Gasteiger partial charge in [0.05, 0.1) is 5.52 Å². The van der Waals surface area contributed by atoms with Crippen molar-refractivity contribution in [1.29, 1.82) is 0 Å². The number of hydrogen-bond acceptors (Lipinski definition) is 4. The van der Waals surface area contributed by atoms with Gasteiger partial charge in [-0.2, -0.15) is 0 Å². The molecule has 0 atom stereocenters. The molecule has 0 spiro atoms. The maximum absolute atomic E-state index is 12.1. The largest absolute Gasteiger partial charge is 0.310 e. The molecule has 0 saturated carbocycles. The Kier molecular flexibility index (Phi) is 4.52. The quantitative estimate of drug-likeness (QED) is 0.437. The Morgan fingerprint density at radius 2 is 1.56 bits per heavy atom. The first-order valence-corrected chi connectivity index (χ1v) is 7.62. The van der Waals surface area contributed by atoms with E-state index < -0.39 is 17.6 Å². The number of fused-ring (bicyclic) bond motifs is 1. The highest BCUT2D eigenvalue weighted by Gasteiger charge is 2.17. The number of hydrazine groups is 1. The van der Waals surface area contributed by atoms with E-state index >= 15 is 0 Å². The van der Waals surface area contributed by atoms with E-state index in [9.17, 15) is 14.4 Å². The summed E-state index contributed by atoms with van der Waals surface area (Å²) < 4.78 is 0. The Morgan fingerprint density at radius 1 is 0.840 bits per heavy atom. The monoisotopic (exact) mass is 333 g/mol. The van der Waals surface area contributed by atoms with Crippen molar-refractivity contribution in [3.63, 3.8) is 0 Å². The molecular weight excluding hydrogens is 318 g/mol. The molecule has 25 heavy (non-hydrogen) atoms. The average Bonchev–Trinajstić information content (AvgIpc) is 2.65. The van der Waals surface area contributed by atoms with Gasteiger partial charge in [0.25, 0.3) is 11.7 Å². The molecule has 1 aromatic heterocycles. The minimum Gasteiger partial charge on any atom is -0.283 e. The SMILES string of the molecule is Cc1ccc(C(=O)C(=O)NNC(=O)c2ccc3ccccc3n2)cc1. The van der Waals surface area contributed by atoms with Gasteiger partial charge >= 0.3 is 5.91 Å². The number of Topliss-reactive ketones (excluding diaryl/α,β-unsaturated/α-hetero) is 1. The summed E-state index contributed by atoms with van der Waals surface area (Å²) in [7, 11) is 0. The maximum atomic E-state index is 12.1. The van der Waals surface area contributed by atoms with Crippen molar-refractivity contribution in [1.82, 2.24) is 15.8 Å². The van der Waals surface area contributed by atoms with Gasteiger partial charge in [0.1, 0.15) is 5.69 Å². The van der Waals surface area contributed by atoms with Crippen molar-refractivity contribution in [2.75, 3.05) is 0 Å². The second-order valence-electron chi connectivity index (χ2n) is 5.49. The molecule has 0 radical (unpaired) electrons. The first kappa shape index (κ1) is 16.3. The number of carbonyl (C=O) groups is 3. The molecule has 0 fully saturated rings. The molecule has 124 valence electrons. The lowest BCUT2D eigenvalue weighted by Crippen LogP contribution is -2.45. The van der Waals surface area contributed by atoms with Crippen LogP contribution < -0.4 is 10.9 Å². The van der Waals surface area contributed by atoms with Crippen molar-refractivity contribution in [3.8, 4) is 0 Å². The van der Waals surface area contributed by atoms with E-state index in [0.29, 0.717) is 5.52 Å². The molecule has 1 heterocycles. The van der Waals surface area contributed by atoms with E-state index in [4.69, 9.17) is 0 Å². The Hall–Kier alpha value is -3.54. The second kappa shape index (κ2) is 6.92. The average molecular weight is 333 g/mol. The molecule has 0 aliphatic heterocycles. The van der Waals surface area contributed by atoms with E-state index in [-0.39, 0.29) is 11.3 Å². The standard InChI is InChI=1S/C19H15N3O3/c1-12-6-8-14(9-7-12)17(23)19(25)22-21-18(24)16-11-10-13-4-2-3-5-15(13)20-16/h2-11H,1H3,(H,21,24)(H,22,25). The fourth-order valence-corrected chi connectivity index (χ4v) is 2.26. The summed E-state index contributed by atoms with van der Waals surface area (Å²) in [6, 6.07) is 17.3. The van der Waals surface area contributed by atoms with Crippen molar-refractivity contribution in [2.45, 2.75) is 6.92 Å². The number of amides is 2. The van der Waals surface area contributed by atoms with Crippen LogP contribution >= 0.6 is 0 Å². The summed E-state index contributed by atoms with van der Waals surface area (Å²) in [5.41, 5.74) is 6.35. The number of rotatable bonds is 3. The highest BCUT2D eigenvalue weighted by Crippen LogP contribution is 2.11. The summed E-state index contributed by atoms with van der Waals surface area (Å²) in [5.74, 6) is -2.25. The summed E-state index contributed by atoms with van der Waals surface area (Å²) >= 11 is 0. The lowest BCUT2D eigenvalue weighted by molar-refractivity contribution is -0.117. The molecule has 3 rings (SSSR count). The Bertz CT molecular complexity index is 965. The van der Waals surface area contributed by atoms with Gasteiger partial charge in [-0.15, -0.1) is 0 Å². The van der Waals surface area contributed by atoms with Gasteiger partial charge in [0, 0.05) is 10.9 Å². The number of ketones is 1. The minimum atomic E-state index is -0.919. The van der Waals surface area contributed by atoms with Gasteiger partial charge in [-0.05, 0) is 19.1 Å². The van der Waals surface area contributed by atoms with Crippen LogP contribution in [-0.4, -0.2) is 22.6 Å². The van der Waals surface area contributed by atoms with Gasteiger partial charge in [-0.1, -0.05) is 54.1 Å². The molecule has 2 amide bonds. The third-order valence-electron chi connectivity index (χ3n) is 3.64. The highest BCUT2D eigenvalue weighted by atomic mass is 16.2. The molecule has 0 saturated heterocycles. The first-order valence-electron chi connectivity index (χ1n) is 7.62. The van der Waals surface area contributed by atoms with Crippen LogP contribution in [0.5, 0.6) is 0 Å². The topological polar surface area (TPSA) is 88.2 Å². The smallest absolute Gasteiger partial charge is 0.283 e. The summed E-state index contributed by atoms with van der Waals surface area (Å²) in [6.45, 7) is 1.88. The van der Waals surface area contributed by atoms with E-state index in [1.807, 2.05) is 25.1 Å². The predicted molar refractivity (Wildman–Crippen MR) is 92.9 cm³/mol. The molecule has 2 N–H and O–H groups in total. The van der Waals surface area contributed by atoms with E-state index in [0.717, 1.165) is 10.9 Å². The number of pyridine rings is 1. The predicted octanol–water partition coefficient (Wildman–Crippen LogP) is 2.19. The third kappa shape index (κ3) is 3.69. The maximum Gasteiger partial charge on any atom is 0.310 e. The van der Waals surface area contributed by atoms with Crippen LogP contribution in [0.25, 0.3) is 10.9 Å². The van der Waals surface area contributed by atoms with E-state index in [1.54, 1.807) is 42.5 Å². The second-order valence-corrected chi connectivity index (χ2v) is 5.49. The van der Waals surface area contributed by atoms with Crippen molar-refractivity contribution in [3.05, 3.63) is 77.5 Å². The number of benzene rings is 2. The van der Waals surface area contributed by atoms with Gasteiger partial charge in [0.15, 0.2) is 0 Å². The van der Waals surface area contributed by atoms with Crippen molar-refractivity contribution >= 4 is 28.5 Å². The highest BCUT2D eigenvalue weighted by molar-refractivity contribution is 6.42. The van der Waals surface area contributed by atoms with Crippen LogP contribution in [0, 0.1) is 6.92 Å². The lowest BCUT2D eigenvalue weighted by atomic mass is 10.1. The van der Waals surface area contributed by atoms with Crippen LogP contribution in [0.1, 0.15) is 26.4 Å². The number of hydrogen-bond donors (Lipinski definition) is 2. The number of carbonyl (C=O) groups excluding carboxylic acids is 3. The summed E-state index contributed by atoms with van der Waals surface area (Å²) in [5, 5.41) is 0.901. The van der Waals surface area contributed by atoms with Crippen molar-refractivity contribution in [2.24, 2.45) is 0 Å². The number of aryl methyl sites for hydroxylation is 1. The van der Waals surface area contributed by atoms with Crippen LogP contribution in [0.3, 0.4) is 0 Å². The van der Waals surface area contributed by atoms with Gasteiger partial charge in [-0.25, -0.2) is 4.98 Å². The van der Waals surface area contributed by atoms with Gasteiger partial charge in [0.2, 0.25) is 0 Å². The van der Waals surface area contributed by atoms with E-state index in [2.05, 4.69) is 15.8 Å². The zero-order chi connectivity index (χ0) is 17.8. The Labute approximate surface area is 143 Å².